The first-order valence-corrected chi connectivity index (χ1v) is 7.46. The average molecular weight is 282 g/mol. The lowest BCUT2D eigenvalue weighted by atomic mass is 10.1. The second-order valence-electron chi connectivity index (χ2n) is 5.94. The molecule has 0 spiro atoms. The number of piperazine rings is 1. The molecule has 2 rings (SSSR count). The van der Waals surface area contributed by atoms with Crippen molar-refractivity contribution >= 4 is 11.8 Å². The van der Waals surface area contributed by atoms with Crippen LogP contribution < -0.4 is 5.73 Å². The second-order valence-corrected chi connectivity index (χ2v) is 5.94. The van der Waals surface area contributed by atoms with E-state index in [0.29, 0.717) is 51.2 Å². The molecule has 0 aromatic carbocycles. The lowest BCUT2D eigenvalue weighted by Gasteiger charge is -2.36. The standard InChI is InChI=1S/C14H26N4O2/c1-11(19)17-5-7-18(8-6-17)14(20)10-16(2)13(9-15)12-3-4-12/h12-13H,3-10,15H2,1-2H3. The Bertz CT molecular complexity index is 362. The SMILES string of the molecule is CC(=O)N1CCN(C(=O)CN(C)C(CN)C2CC2)CC1. The van der Waals surface area contributed by atoms with Crippen LogP contribution in [-0.2, 0) is 9.59 Å². The maximum atomic E-state index is 12.3. The zero-order chi connectivity index (χ0) is 14.7. The molecule has 1 saturated carbocycles. The molecule has 6 nitrogen and oxygen atoms in total. The Hall–Kier alpha value is -1.14. The van der Waals surface area contributed by atoms with Crippen LogP contribution in [0.15, 0.2) is 0 Å². The van der Waals surface area contributed by atoms with Crippen molar-refractivity contribution in [3.8, 4) is 0 Å². The fraction of sp³-hybridized carbons (Fsp3) is 0.857. The maximum Gasteiger partial charge on any atom is 0.236 e. The van der Waals surface area contributed by atoms with Gasteiger partial charge in [-0.05, 0) is 25.8 Å². The number of rotatable bonds is 5. The fourth-order valence-corrected chi connectivity index (χ4v) is 2.91. The highest BCUT2D eigenvalue weighted by Crippen LogP contribution is 2.34. The van der Waals surface area contributed by atoms with Crippen molar-refractivity contribution in [3.05, 3.63) is 0 Å². The van der Waals surface area contributed by atoms with E-state index in [-0.39, 0.29) is 11.8 Å². The van der Waals surface area contributed by atoms with Gasteiger partial charge >= 0.3 is 0 Å². The van der Waals surface area contributed by atoms with E-state index in [0.717, 1.165) is 0 Å². The molecule has 1 heterocycles. The number of hydrogen-bond donors (Lipinski definition) is 1. The Balaban J connectivity index is 1.78. The van der Waals surface area contributed by atoms with Gasteiger partial charge < -0.3 is 15.5 Å². The van der Waals surface area contributed by atoms with Gasteiger partial charge in [0.05, 0.1) is 6.54 Å². The molecule has 1 aliphatic heterocycles. The van der Waals surface area contributed by atoms with Crippen LogP contribution >= 0.6 is 0 Å². The Labute approximate surface area is 120 Å². The van der Waals surface area contributed by atoms with Gasteiger partial charge in [-0.15, -0.1) is 0 Å². The average Bonchev–Trinajstić information content (AvgIpc) is 3.24. The van der Waals surface area contributed by atoms with E-state index in [1.807, 2.05) is 11.9 Å². The van der Waals surface area contributed by atoms with Gasteiger partial charge in [-0.2, -0.15) is 0 Å². The molecular formula is C14H26N4O2. The van der Waals surface area contributed by atoms with Gasteiger partial charge in [-0.25, -0.2) is 0 Å². The molecule has 0 radical (unpaired) electrons. The monoisotopic (exact) mass is 282 g/mol. The summed E-state index contributed by atoms with van der Waals surface area (Å²) in [7, 11) is 1.99. The first-order valence-electron chi connectivity index (χ1n) is 7.46. The number of hydrogen-bond acceptors (Lipinski definition) is 4. The van der Waals surface area contributed by atoms with E-state index in [1.165, 1.54) is 12.8 Å². The molecule has 2 aliphatic rings. The number of nitrogens with zero attached hydrogens (tertiary/aromatic N) is 3. The van der Waals surface area contributed by atoms with Gasteiger partial charge in [0.15, 0.2) is 0 Å². The molecule has 2 fully saturated rings. The molecule has 2 N–H and O–H groups in total. The molecule has 6 heteroatoms. The van der Waals surface area contributed by atoms with Crippen LogP contribution in [0.4, 0.5) is 0 Å². The first-order chi connectivity index (χ1) is 9.52. The Morgan fingerprint density at radius 1 is 1.20 bits per heavy atom. The lowest BCUT2D eigenvalue weighted by Crippen LogP contribution is -2.53. The summed E-state index contributed by atoms with van der Waals surface area (Å²) >= 11 is 0. The fourth-order valence-electron chi connectivity index (χ4n) is 2.91. The summed E-state index contributed by atoms with van der Waals surface area (Å²) in [6, 6.07) is 0.331. The molecule has 20 heavy (non-hydrogen) atoms. The van der Waals surface area contributed by atoms with Gasteiger partial charge in [0.25, 0.3) is 0 Å². The van der Waals surface area contributed by atoms with Crippen molar-refractivity contribution in [2.45, 2.75) is 25.8 Å². The highest BCUT2D eigenvalue weighted by atomic mass is 16.2. The molecule has 1 aliphatic carbocycles. The Morgan fingerprint density at radius 3 is 2.20 bits per heavy atom. The van der Waals surface area contributed by atoms with Crippen LogP contribution in [0.5, 0.6) is 0 Å². The third-order valence-electron chi connectivity index (χ3n) is 4.44. The predicted molar refractivity (Wildman–Crippen MR) is 77.0 cm³/mol. The summed E-state index contributed by atoms with van der Waals surface area (Å²) < 4.78 is 0. The van der Waals surface area contributed by atoms with E-state index in [1.54, 1.807) is 11.8 Å². The van der Waals surface area contributed by atoms with Crippen molar-refractivity contribution in [1.82, 2.24) is 14.7 Å². The maximum absolute atomic E-state index is 12.3. The zero-order valence-corrected chi connectivity index (χ0v) is 12.5. The quantitative estimate of drug-likeness (QED) is 0.727. The highest BCUT2D eigenvalue weighted by molar-refractivity contribution is 5.79. The third-order valence-corrected chi connectivity index (χ3v) is 4.44. The van der Waals surface area contributed by atoms with E-state index >= 15 is 0 Å². The van der Waals surface area contributed by atoms with Gasteiger partial charge in [0, 0.05) is 45.7 Å². The molecular weight excluding hydrogens is 256 g/mol. The minimum atomic E-state index is 0.0890. The van der Waals surface area contributed by atoms with Crippen LogP contribution in [0.3, 0.4) is 0 Å². The van der Waals surface area contributed by atoms with Crippen molar-refractivity contribution < 1.29 is 9.59 Å². The largest absolute Gasteiger partial charge is 0.339 e. The molecule has 0 aromatic rings. The van der Waals surface area contributed by atoms with Crippen molar-refractivity contribution in [2.75, 3.05) is 46.3 Å². The summed E-state index contributed by atoms with van der Waals surface area (Å²) in [6.07, 6.45) is 2.47. The molecule has 1 saturated heterocycles. The number of carbonyl (C=O) groups is 2. The summed E-state index contributed by atoms with van der Waals surface area (Å²) in [5, 5.41) is 0. The van der Waals surface area contributed by atoms with Crippen molar-refractivity contribution in [1.29, 1.82) is 0 Å². The zero-order valence-electron chi connectivity index (χ0n) is 12.5. The minimum Gasteiger partial charge on any atom is -0.339 e. The predicted octanol–water partition coefficient (Wildman–Crippen LogP) is -0.654. The summed E-state index contributed by atoms with van der Waals surface area (Å²) in [5.74, 6) is 0.910. The van der Waals surface area contributed by atoms with Gasteiger partial charge in [-0.3, -0.25) is 14.5 Å². The first kappa shape index (κ1) is 15.3. The molecule has 114 valence electrons. The van der Waals surface area contributed by atoms with E-state index in [4.69, 9.17) is 5.73 Å². The van der Waals surface area contributed by atoms with E-state index in [9.17, 15) is 9.59 Å². The third kappa shape index (κ3) is 3.70. The number of nitrogens with two attached hydrogens (primary N) is 1. The van der Waals surface area contributed by atoms with Crippen LogP contribution in [0, 0.1) is 5.92 Å². The van der Waals surface area contributed by atoms with Gasteiger partial charge in [0.2, 0.25) is 11.8 Å². The van der Waals surface area contributed by atoms with Gasteiger partial charge in [0.1, 0.15) is 0 Å². The number of carbonyl (C=O) groups excluding carboxylic acids is 2. The number of likely N-dealkylation sites (N-methyl/N-ethyl adjacent to an activating group) is 1. The lowest BCUT2D eigenvalue weighted by molar-refractivity contribution is -0.139. The molecule has 0 aromatic heterocycles. The van der Waals surface area contributed by atoms with Crippen molar-refractivity contribution in [3.63, 3.8) is 0 Å². The molecule has 2 amide bonds. The Morgan fingerprint density at radius 2 is 1.75 bits per heavy atom. The van der Waals surface area contributed by atoms with Crippen LogP contribution in [-0.4, -0.2) is 78.9 Å². The van der Waals surface area contributed by atoms with E-state index < -0.39 is 0 Å². The smallest absolute Gasteiger partial charge is 0.236 e. The summed E-state index contributed by atoms with van der Waals surface area (Å²) in [6.45, 7) is 5.20. The Kier molecular flexibility index (Phi) is 4.99. The topological polar surface area (TPSA) is 69.9 Å². The van der Waals surface area contributed by atoms with Crippen molar-refractivity contribution in [2.24, 2.45) is 11.7 Å². The summed E-state index contributed by atoms with van der Waals surface area (Å²) in [5.41, 5.74) is 5.81. The molecule has 1 unspecified atom stereocenters. The summed E-state index contributed by atoms with van der Waals surface area (Å²) in [4.78, 5) is 29.3. The van der Waals surface area contributed by atoms with E-state index in [2.05, 4.69) is 4.90 Å². The second kappa shape index (κ2) is 6.54. The van der Waals surface area contributed by atoms with Crippen LogP contribution in [0.2, 0.25) is 0 Å². The van der Waals surface area contributed by atoms with Crippen LogP contribution in [0.25, 0.3) is 0 Å². The molecule has 1 atom stereocenters. The van der Waals surface area contributed by atoms with Crippen LogP contribution in [0.1, 0.15) is 19.8 Å². The van der Waals surface area contributed by atoms with Gasteiger partial charge in [-0.1, -0.05) is 0 Å². The highest BCUT2D eigenvalue weighted by Gasteiger charge is 2.34. The minimum absolute atomic E-state index is 0.0890. The number of amides is 2. The molecule has 0 bridgehead atoms. The normalized spacial score (nSPS) is 21.2.